The molecule has 0 saturated carbocycles. The predicted octanol–water partition coefficient (Wildman–Crippen LogP) is 3.72. The van der Waals surface area contributed by atoms with E-state index in [-0.39, 0.29) is 23.5 Å². The molecule has 0 aliphatic carbocycles. The molecule has 0 amide bonds. The zero-order valence-corrected chi connectivity index (χ0v) is 15.2. The molecule has 0 aromatic rings. The summed E-state index contributed by atoms with van der Waals surface area (Å²) >= 11 is 2.38. The molecule has 0 radical (unpaired) electrons. The van der Waals surface area contributed by atoms with E-state index in [4.69, 9.17) is 13.9 Å². The fourth-order valence-corrected chi connectivity index (χ4v) is 4.37. The third-order valence-electron chi connectivity index (χ3n) is 4.48. The molecule has 2 saturated heterocycles. The largest absolute Gasteiger partial charge is 0.409 e. The van der Waals surface area contributed by atoms with E-state index in [2.05, 4.69) is 56.5 Å². The first-order valence-corrected chi connectivity index (χ1v) is 11.2. The second kappa shape index (κ2) is 5.31. The maximum atomic E-state index is 6.45. The van der Waals surface area contributed by atoms with Crippen molar-refractivity contribution in [1.29, 1.82) is 0 Å². The van der Waals surface area contributed by atoms with Crippen LogP contribution in [0.2, 0.25) is 18.1 Å². The Kier molecular flexibility index (Phi) is 4.49. The van der Waals surface area contributed by atoms with Crippen molar-refractivity contribution in [3.63, 3.8) is 0 Å². The Morgan fingerprint density at radius 3 is 2.44 bits per heavy atom. The van der Waals surface area contributed by atoms with Crippen LogP contribution >= 0.6 is 22.6 Å². The summed E-state index contributed by atoms with van der Waals surface area (Å²) in [5.41, 5.74) is 0. The van der Waals surface area contributed by atoms with Crippen LogP contribution in [0.15, 0.2) is 0 Å². The third kappa shape index (κ3) is 2.95. The lowest BCUT2D eigenvalue weighted by atomic mass is 10.1. The zero-order chi connectivity index (χ0) is 13.6. The maximum Gasteiger partial charge on any atom is 0.192 e. The maximum absolute atomic E-state index is 6.45. The van der Waals surface area contributed by atoms with Crippen molar-refractivity contribution < 1.29 is 13.9 Å². The van der Waals surface area contributed by atoms with Gasteiger partial charge in [0.25, 0.3) is 0 Å². The van der Waals surface area contributed by atoms with Crippen molar-refractivity contribution >= 4 is 30.9 Å². The normalized spacial score (nSPS) is 37.0. The first kappa shape index (κ1) is 15.2. The zero-order valence-electron chi connectivity index (χ0n) is 12.0. The Morgan fingerprint density at radius 2 is 1.89 bits per heavy atom. The summed E-state index contributed by atoms with van der Waals surface area (Å²) in [5.74, 6) is 0. The van der Waals surface area contributed by atoms with Gasteiger partial charge in [-0.3, -0.25) is 0 Å². The molecule has 18 heavy (non-hydrogen) atoms. The highest BCUT2D eigenvalue weighted by atomic mass is 127. The monoisotopic (exact) mass is 384 g/mol. The highest BCUT2D eigenvalue weighted by Gasteiger charge is 2.48. The molecule has 106 valence electrons. The lowest BCUT2D eigenvalue weighted by molar-refractivity contribution is -0.150. The molecule has 3 nitrogen and oxygen atoms in total. The molecule has 0 unspecified atom stereocenters. The summed E-state index contributed by atoms with van der Waals surface area (Å²) in [6.45, 7) is 11.4. The first-order chi connectivity index (χ1) is 8.24. The van der Waals surface area contributed by atoms with Gasteiger partial charge in [0.05, 0.1) is 18.3 Å². The minimum absolute atomic E-state index is 0.127. The van der Waals surface area contributed by atoms with Crippen molar-refractivity contribution in [3.8, 4) is 0 Å². The number of halogens is 1. The van der Waals surface area contributed by atoms with Crippen LogP contribution in [0.1, 0.15) is 33.6 Å². The van der Waals surface area contributed by atoms with Crippen LogP contribution in [-0.2, 0) is 13.9 Å². The molecule has 0 spiro atoms. The summed E-state index contributed by atoms with van der Waals surface area (Å²) in [7, 11) is -1.73. The molecule has 2 bridgehead atoms. The standard InChI is InChI=1S/C13H25IO3Si/c1-13(2,3)18(4,5)17-10-7-6-9-11(8-14)16-12(10)15-9/h9-12H,6-8H2,1-5H3/t9-,10+,11-,12-/m1/s1. The summed E-state index contributed by atoms with van der Waals surface area (Å²) in [5, 5.41) is 0.241. The first-order valence-electron chi connectivity index (χ1n) is 6.79. The number of fused-ring (bicyclic) bond motifs is 2. The van der Waals surface area contributed by atoms with Crippen LogP contribution in [-0.4, -0.2) is 37.3 Å². The van der Waals surface area contributed by atoms with E-state index >= 15 is 0 Å². The van der Waals surface area contributed by atoms with E-state index in [9.17, 15) is 0 Å². The van der Waals surface area contributed by atoms with Gasteiger partial charge in [-0.15, -0.1) is 0 Å². The fourth-order valence-electron chi connectivity index (χ4n) is 2.25. The Labute approximate surface area is 125 Å². The summed E-state index contributed by atoms with van der Waals surface area (Å²) in [6, 6.07) is 0. The number of ether oxygens (including phenoxy) is 2. The van der Waals surface area contributed by atoms with Gasteiger partial charge in [0.1, 0.15) is 0 Å². The van der Waals surface area contributed by atoms with Crippen molar-refractivity contribution in [3.05, 3.63) is 0 Å². The van der Waals surface area contributed by atoms with Crippen LogP contribution in [0.5, 0.6) is 0 Å². The predicted molar refractivity (Wildman–Crippen MR) is 83.7 cm³/mol. The molecule has 5 heteroatoms. The number of hydrogen-bond acceptors (Lipinski definition) is 3. The van der Waals surface area contributed by atoms with Crippen molar-refractivity contribution in [2.75, 3.05) is 4.43 Å². The van der Waals surface area contributed by atoms with Gasteiger partial charge in [-0.25, -0.2) is 0 Å². The van der Waals surface area contributed by atoms with Crippen LogP contribution in [0.3, 0.4) is 0 Å². The summed E-state index contributed by atoms with van der Waals surface area (Å²) in [4.78, 5) is 0. The molecule has 0 N–H and O–H groups in total. The fraction of sp³-hybridized carbons (Fsp3) is 1.00. The molecule has 2 fully saturated rings. The average Bonchev–Trinajstić information content (AvgIpc) is 2.59. The van der Waals surface area contributed by atoms with Crippen molar-refractivity contribution in [2.45, 2.75) is 76.3 Å². The smallest absolute Gasteiger partial charge is 0.192 e. The van der Waals surface area contributed by atoms with Crippen LogP contribution in [0.4, 0.5) is 0 Å². The van der Waals surface area contributed by atoms with Crippen LogP contribution in [0.25, 0.3) is 0 Å². The third-order valence-corrected chi connectivity index (χ3v) is 9.85. The van der Waals surface area contributed by atoms with Gasteiger partial charge in [-0.05, 0) is 31.0 Å². The molecule has 2 aliphatic heterocycles. The lowest BCUT2D eigenvalue weighted by Crippen LogP contribution is -2.48. The highest BCUT2D eigenvalue weighted by Crippen LogP contribution is 2.41. The molecule has 0 aromatic carbocycles. The second-order valence-corrected chi connectivity index (χ2v) is 12.5. The second-order valence-electron chi connectivity index (χ2n) is 6.87. The quantitative estimate of drug-likeness (QED) is 0.422. The minimum Gasteiger partial charge on any atom is -0.409 e. The Hall–Kier alpha value is 0.827. The van der Waals surface area contributed by atoms with E-state index in [1.54, 1.807) is 0 Å². The van der Waals surface area contributed by atoms with Gasteiger partial charge >= 0.3 is 0 Å². The molecule has 4 atom stereocenters. The van der Waals surface area contributed by atoms with Gasteiger partial charge in [-0.1, -0.05) is 43.4 Å². The SMILES string of the molecule is CC(C)(C)[Si](C)(C)O[C@H]1CC[C@H]2O[C@@H]1O[C@@H]2CI. The van der Waals surface area contributed by atoms with Crippen LogP contribution < -0.4 is 0 Å². The topological polar surface area (TPSA) is 27.7 Å². The highest BCUT2D eigenvalue weighted by molar-refractivity contribution is 14.1. The van der Waals surface area contributed by atoms with Crippen LogP contribution in [0, 0.1) is 0 Å². The van der Waals surface area contributed by atoms with E-state index in [0.29, 0.717) is 6.10 Å². The van der Waals surface area contributed by atoms with E-state index < -0.39 is 8.32 Å². The molecule has 2 aliphatic rings. The molecule has 0 aromatic heterocycles. The minimum atomic E-state index is -1.73. The van der Waals surface area contributed by atoms with Gasteiger partial charge in [0, 0.05) is 4.43 Å². The van der Waals surface area contributed by atoms with Gasteiger partial charge < -0.3 is 13.9 Å². The Balaban J connectivity index is 2.00. The summed E-state index contributed by atoms with van der Waals surface area (Å²) in [6.07, 6.45) is 2.72. The van der Waals surface area contributed by atoms with Gasteiger partial charge in [0.15, 0.2) is 14.6 Å². The van der Waals surface area contributed by atoms with Crippen molar-refractivity contribution in [2.24, 2.45) is 0 Å². The lowest BCUT2D eigenvalue weighted by Gasteiger charge is -2.41. The average molecular weight is 384 g/mol. The Bertz CT molecular complexity index is 303. The molecule has 2 heterocycles. The Morgan fingerprint density at radius 1 is 1.22 bits per heavy atom. The van der Waals surface area contributed by atoms with E-state index in [1.807, 2.05) is 0 Å². The summed E-state index contributed by atoms with van der Waals surface area (Å²) < 4.78 is 19.4. The van der Waals surface area contributed by atoms with Gasteiger partial charge in [-0.2, -0.15) is 0 Å². The van der Waals surface area contributed by atoms with E-state index in [1.165, 1.54) is 0 Å². The molecule has 2 rings (SSSR count). The number of hydrogen-bond donors (Lipinski definition) is 0. The van der Waals surface area contributed by atoms with Gasteiger partial charge in [0.2, 0.25) is 0 Å². The van der Waals surface area contributed by atoms with E-state index in [0.717, 1.165) is 17.3 Å². The number of alkyl halides is 1. The van der Waals surface area contributed by atoms with Crippen molar-refractivity contribution in [1.82, 2.24) is 0 Å². The molecular weight excluding hydrogens is 359 g/mol. The number of rotatable bonds is 3. The molecular formula is C13H25IO3Si.